The van der Waals surface area contributed by atoms with Crippen molar-refractivity contribution in [3.05, 3.63) is 48.0 Å². The number of hydrogen-bond acceptors (Lipinski definition) is 4. The Kier molecular flexibility index (Phi) is 3.98. The summed E-state index contributed by atoms with van der Waals surface area (Å²) in [5.41, 5.74) is 6.61. The third-order valence-electron chi connectivity index (χ3n) is 2.70. The standard InChI is InChI=1S/C12H16N4O2S/c1-9(13)10-2-4-11(5-3-10)19(17,18)16-8-12-14-6-7-15-12/h2-7,9,16H,8,13H2,1H3,(H,14,15). The predicted octanol–water partition coefficient (Wildman–Crippen LogP) is 0.908. The van der Waals surface area contributed by atoms with E-state index in [-0.39, 0.29) is 17.5 Å². The van der Waals surface area contributed by atoms with Gasteiger partial charge in [0.2, 0.25) is 10.0 Å². The van der Waals surface area contributed by atoms with E-state index in [4.69, 9.17) is 5.73 Å². The van der Waals surface area contributed by atoms with Crippen LogP contribution in [0.1, 0.15) is 24.4 Å². The average molecular weight is 280 g/mol. The van der Waals surface area contributed by atoms with Crippen molar-refractivity contribution < 1.29 is 8.42 Å². The molecule has 6 nitrogen and oxygen atoms in total. The molecule has 0 saturated heterocycles. The third kappa shape index (κ3) is 3.40. The van der Waals surface area contributed by atoms with E-state index in [1.165, 1.54) is 0 Å². The summed E-state index contributed by atoms with van der Waals surface area (Å²) in [5.74, 6) is 0.566. The Hall–Kier alpha value is -1.70. The highest BCUT2D eigenvalue weighted by molar-refractivity contribution is 7.89. The Morgan fingerprint density at radius 3 is 2.58 bits per heavy atom. The lowest BCUT2D eigenvalue weighted by Crippen LogP contribution is -2.23. The van der Waals surface area contributed by atoms with Crippen molar-refractivity contribution in [2.45, 2.75) is 24.4 Å². The van der Waals surface area contributed by atoms with Crippen LogP contribution in [0.2, 0.25) is 0 Å². The molecule has 0 aliphatic carbocycles. The Bertz CT molecular complexity index is 618. The SMILES string of the molecule is CC(N)c1ccc(S(=O)(=O)NCc2ncc[nH]2)cc1. The van der Waals surface area contributed by atoms with Gasteiger partial charge in [0, 0.05) is 18.4 Å². The molecular weight excluding hydrogens is 264 g/mol. The second kappa shape index (κ2) is 5.52. The van der Waals surface area contributed by atoms with Crippen molar-refractivity contribution in [1.29, 1.82) is 0 Å². The van der Waals surface area contributed by atoms with Crippen molar-refractivity contribution in [2.24, 2.45) is 5.73 Å². The molecule has 1 atom stereocenters. The third-order valence-corrected chi connectivity index (χ3v) is 4.12. The van der Waals surface area contributed by atoms with Gasteiger partial charge in [-0.3, -0.25) is 0 Å². The molecule has 4 N–H and O–H groups in total. The van der Waals surface area contributed by atoms with E-state index in [0.29, 0.717) is 5.82 Å². The summed E-state index contributed by atoms with van der Waals surface area (Å²) in [6.45, 7) is 1.98. The number of sulfonamides is 1. The molecule has 2 rings (SSSR count). The molecule has 2 aromatic rings. The number of hydrogen-bond donors (Lipinski definition) is 3. The average Bonchev–Trinajstić information content (AvgIpc) is 2.90. The summed E-state index contributed by atoms with van der Waals surface area (Å²) in [6.07, 6.45) is 3.21. The number of aromatic amines is 1. The molecule has 102 valence electrons. The van der Waals surface area contributed by atoms with E-state index in [0.717, 1.165) is 5.56 Å². The lowest BCUT2D eigenvalue weighted by molar-refractivity contribution is 0.579. The van der Waals surface area contributed by atoms with Gasteiger partial charge in [-0.15, -0.1) is 0 Å². The molecule has 1 aromatic carbocycles. The highest BCUT2D eigenvalue weighted by Crippen LogP contribution is 2.14. The maximum atomic E-state index is 12.0. The fourth-order valence-corrected chi connectivity index (χ4v) is 2.58. The fourth-order valence-electron chi connectivity index (χ4n) is 1.59. The van der Waals surface area contributed by atoms with Crippen LogP contribution >= 0.6 is 0 Å². The van der Waals surface area contributed by atoms with Crippen LogP contribution in [0.4, 0.5) is 0 Å². The van der Waals surface area contributed by atoms with Gasteiger partial charge in [0.05, 0.1) is 11.4 Å². The number of aromatic nitrogens is 2. The number of benzene rings is 1. The van der Waals surface area contributed by atoms with Crippen molar-refractivity contribution in [3.63, 3.8) is 0 Å². The van der Waals surface area contributed by atoms with Gasteiger partial charge in [0.15, 0.2) is 0 Å². The maximum absolute atomic E-state index is 12.0. The molecule has 0 aliphatic rings. The van der Waals surface area contributed by atoms with Crippen LogP contribution in [0, 0.1) is 0 Å². The van der Waals surface area contributed by atoms with Crippen molar-refractivity contribution in [2.75, 3.05) is 0 Å². The Balaban J connectivity index is 2.10. The quantitative estimate of drug-likeness (QED) is 0.757. The van der Waals surface area contributed by atoms with Crippen LogP contribution in [0.15, 0.2) is 41.6 Å². The van der Waals surface area contributed by atoms with Gasteiger partial charge >= 0.3 is 0 Å². The molecule has 0 aliphatic heterocycles. The molecule has 0 radical (unpaired) electrons. The first-order valence-corrected chi connectivity index (χ1v) is 7.31. The normalized spacial score (nSPS) is 13.4. The zero-order valence-corrected chi connectivity index (χ0v) is 11.3. The second-order valence-electron chi connectivity index (χ2n) is 4.22. The number of rotatable bonds is 5. The van der Waals surface area contributed by atoms with Crippen LogP contribution in [-0.2, 0) is 16.6 Å². The molecule has 0 saturated carbocycles. The Morgan fingerprint density at radius 1 is 1.37 bits per heavy atom. The molecule has 0 spiro atoms. The Labute approximate surface area is 112 Å². The first-order valence-electron chi connectivity index (χ1n) is 5.82. The van der Waals surface area contributed by atoms with Gasteiger partial charge < -0.3 is 10.7 Å². The number of H-pyrrole nitrogens is 1. The second-order valence-corrected chi connectivity index (χ2v) is 5.99. The monoisotopic (exact) mass is 280 g/mol. The van der Waals surface area contributed by atoms with Gasteiger partial charge in [0.1, 0.15) is 5.82 Å². The molecule has 19 heavy (non-hydrogen) atoms. The van der Waals surface area contributed by atoms with Crippen LogP contribution in [-0.4, -0.2) is 18.4 Å². The van der Waals surface area contributed by atoms with Gasteiger partial charge in [0.25, 0.3) is 0 Å². The zero-order valence-electron chi connectivity index (χ0n) is 10.5. The molecule has 0 fully saturated rings. The molecule has 7 heteroatoms. The maximum Gasteiger partial charge on any atom is 0.240 e. The minimum atomic E-state index is -3.53. The van der Waals surface area contributed by atoms with E-state index >= 15 is 0 Å². The number of nitrogens with two attached hydrogens (primary N) is 1. The highest BCUT2D eigenvalue weighted by Gasteiger charge is 2.14. The topological polar surface area (TPSA) is 101 Å². The summed E-state index contributed by atoms with van der Waals surface area (Å²) in [7, 11) is -3.53. The van der Waals surface area contributed by atoms with Crippen LogP contribution in [0.25, 0.3) is 0 Å². The summed E-state index contributed by atoms with van der Waals surface area (Å²) < 4.78 is 26.5. The largest absolute Gasteiger partial charge is 0.347 e. The minimum Gasteiger partial charge on any atom is -0.347 e. The van der Waals surface area contributed by atoms with E-state index in [9.17, 15) is 8.42 Å². The lowest BCUT2D eigenvalue weighted by Gasteiger charge is -2.08. The van der Waals surface area contributed by atoms with E-state index in [1.54, 1.807) is 36.7 Å². The summed E-state index contributed by atoms with van der Waals surface area (Å²) in [4.78, 5) is 6.99. The molecule has 1 aromatic heterocycles. The van der Waals surface area contributed by atoms with Crippen LogP contribution in [0.5, 0.6) is 0 Å². The molecule has 1 heterocycles. The van der Waals surface area contributed by atoms with Gasteiger partial charge in [-0.1, -0.05) is 12.1 Å². The van der Waals surface area contributed by atoms with Crippen molar-refractivity contribution in [1.82, 2.24) is 14.7 Å². The Morgan fingerprint density at radius 2 is 2.05 bits per heavy atom. The first kappa shape index (κ1) is 13.7. The van der Waals surface area contributed by atoms with Gasteiger partial charge in [-0.05, 0) is 24.6 Å². The van der Waals surface area contributed by atoms with Crippen LogP contribution in [0.3, 0.4) is 0 Å². The number of imidazole rings is 1. The number of nitrogens with zero attached hydrogens (tertiary/aromatic N) is 1. The number of nitrogens with one attached hydrogen (secondary N) is 2. The minimum absolute atomic E-state index is 0.118. The molecule has 0 amide bonds. The molecule has 1 unspecified atom stereocenters. The van der Waals surface area contributed by atoms with E-state index < -0.39 is 10.0 Å². The predicted molar refractivity (Wildman–Crippen MR) is 71.7 cm³/mol. The van der Waals surface area contributed by atoms with Gasteiger partial charge in [-0.25, -0.2) is 18.1 Å². The van der Waals surface area contributed by atoms with Crippen LogP contribution < -0.4 is 10.5 Å². The first-order chi connectivity index (χ1) is 8.99. The fraction of sp³-hybridized carbons (Fsp3) is 0.250. The lowest BCUT2D eigenvalue weighted by atomic mass is 10.1. The molecule has 0 bridgehead atoms. The van der Waals surface area contributed by atoms with Crippen molar-refractivity contribution in [3.8, 4) is 0 Å². The zero-order chi connectivity index (χ0) is 13.9. The summed E-state index contributed by atoms with van der Waals surface area (Å²) in [6, 6.07) is 6.40. The van der Waals surface area contributed by atoms with Crippen molar-refractivity contribution >= 4 is 10.0 Å². The smallest absolute Gasteiger partial charge is 0.240 e. The van der Waals surface area contributed by atoms with E-state index in [1.807, 2.05) is 6.92 Å². The van der Waals surface area contributed by atoms with Gasteiger partial charge in [-0.2, -0.15) is 0 Å². The summed E-state index contributed by atoms with van der Waals surface area (Å²) >= 11 is 0. The highest BCUT2D eigenvalue weighted by atomic mass is 32.2. The summed E-state index contributed by atoms with van der Waals surface area (Å²) in [5, 5.41) is 0. The van der Waals surface area contributed by atoms with E-state index in [2.05, 4.69) is 14.7 Å². The molecular formula is C12H16N4O2S.